The number of rotatable bonds is 10. The first kappa shape index (κ1) is 19.0. The minimum atomic E-state index is -4.17. The van der Waals surface area contributed by atoms with Crippen molar-refractivity contribution in [3.8, 4) is 0 Å². The summed E-state index contributed by atoms with van der Waals surface area (Å²) in [5, 5.41) is 15.5. The van der Waals surface area contributed by atoms with E-state index in [1.807, 2.05) is 0 Å². The third-order valence-electron chi connectivity index (χ3n) is 2.86. The van der Waals surface area contributed by atoms with E-state index >= 15 is 0 Å². The molecule has 3 N–H and O–H groups in total. The van der Waals surface area contributed by atoms with Crippen LogP contribution in [-0.2, 0) is 23.7 Å². The van der Waals surface area contributed by atoms with Gasteiger partial charge >= 0.3 is 16.4 Å². The summed E-state index contributed by atoms with van der Waals surface area (Å²) in [4.78, 5) is 10.7. The lowest BCUT2D eigenvalue weighted by Crippen LogP contribution is -2.64. The molecule has 20 heavy (non-hydrogen) atoms. The molecular weight excluding hydrogens is 290 g/mol. The van der Waals surface area contributed by atoms with Crippen LogP contribution in [0.1, 0.15) is 12.8 Å². The van der Waals surface area contributed by atoms with Crippen molar-refractivity contribution in [2.24, 2.45) is 0 Å². The molecule has 0 atom stereocenters. The molecule has 0 spiro atoms. The van der Waals surface area contributed by atoms with Crippen molar-refractivity contribution in [3.05, 3.63) is 12.2 Å². The zero-order valence-corrected chi connectivity index (χ0v) is 12.8. The highest BCUT2D eigenvalue weighted by molar-refractivity contribution is 7.81. The van der Waals surface area contributed by atoms with Crippen molar-refractivity contribution in [2.75, 3.05) is 28.3 Å². The molecule has 0 aromatic rings. The van der Waals surface area contributed by atoms with Gasteiger partial charge in [0.25, 0.3) is 0 Å². The topological polar surface area (TPSA) is 117 Å². The Balaban J connectivity index is 5.00. The van der Waals surface area contributed by atoms with Gasteiger partial charge in [-0.1, -0.05) is 6.58 Å². The third-order valence-corrected chi connectivity index (χ3v) is 3.68. The van der Waals surface area contributed by atoms with Crippen LogP contribution in [0.15, 0.2) is 12.2 Å². The van der Waals surface area contributed by atoms with Crippen LogP contribution in [0.4, 0.5) is 0 Å². The van der Waals surface area contributed by atoms with Gasteiger partial charge in [-0.3, -0.25) is 14.8 Å². The van der Waals surface area contributed by atoms with Gasteiger partial charge in [0.1, 0.15) is 5.79 Å². The molecule has 0 bridgehead atoms. The molecule has 10 heteroatoms. The summed E-state index contributed by atoms with van der Waals surface area (Å²) < 4.78 is 31.5. The van der Waals surface area contributed by atoms with Crippen molar-refractivity contribution in [3.63, 3.8) is 0 Å². The number of hydroxylamine groups is 2. The maximum Gasteiger partial charge on any atom is 0.416 e. The van der Waals surface area contributed by atoms with E-state index in [0.29, 0.717) is 0 Å². The Bertz CT molecular complexity index is 446. The Morgan fingerprint density at radius 1 is 1.40 bits per heavy atom. The second-order valence-electron chi connectivity index (χ2n) is 3.92. The Morgan fingerprint density at radius 3 is 2.25 bits per heavy atom. The molecule has 0 aliphatic carbocycles. The summed E-state index contributed by atoms with van der Waals surface area (Å²) in [7, 11) is 1.30. The number of carboxylic acid groups (broad SMARTS) is 1. The summed E-state index contributed by atoms with van der Waals surface area (Å²) in [6.07, 6.45) is 0.318. The van der Waals surface area contributed by atoms with E-state index in [4.69, 9.17) is 9.39 Å². The van der Waals surface area contributed by atoms with Crippen molar-refractivity contribution in [1.29, 1.82) is 0 Å². The summed E-state index contributed by atoms with van der Waals surface area (Å²) >= 11 is 0. The Labute approximate surface area is 118 Å². The molecule has 0 aliphatic rings. The largest absolute Gasteiger partial charge is 0.478 e. The molecule has 0 saturated heterocycles. The van der Waals surface area contributed by atoms with Crippen LogP contribution in [0.3, 0.4) is 0 Å². The number of aliphatic carboxylic acids is 1. The lowest BCUT2D eigenvalue weighted by Gasteiger charge is -2.39. The maximum absolute atomic E-state index is 11.3. The van der Waals surface area contributed by atoms with E-state index < -0.39 is 22.2 Å². The molecule has 0 amide bonds. The van der Waals surface area contributed by atoms with Crippen molar-refractivity contribution < 1.29 is 26.8 Å². The van der Waals surface area contributed by atoms with Crippen molar-refractivity contribution >= 4 is 16.4 Å². The average molecular weight is 311 g/mol. The van der Waals surface area contributed by atoms with Crippen LogP contribution in [0.2, 0.25) is 0 Å². The van der Waals surface area contributed by atoms with Crippen LogP contribution < -0.4 is 10.6 Å². The molecule has 0 fully saturated rings. The Kier molecular flexibility index (Phi) is 7.27. The van der Waals surface area contributed by atoms with E-state index in [9.17, 15) is 13.2 Å². The fourth-order valence-electron chi connectivity index (χ4n) is 1.52. The van der Waals surface area contributed by atoms with E-state index in [1.165, 1.54) is 7.05 Å². The van der Waals surface area contributed by atoms with Gasteiger partial charge in [0, 0.05) is 12.6 Å². The number of carboxylic acids is 1. The average Bonchev–Trinajstić information content (AvgIpc) is 2.39. The fourth-order valence-corrected chi connectivity index (χ4v) is 1.98. The van der Waals surface area contributed by atoms with Crippen molar-refractivity contribution in [2.45, 2.75) is 18.6 Å². The van der Waals surface area contributed by atoms with Gasteiger partial charge in [0.2, 0.25) is 0 Å². The molecule has 0 aromatic heterocycles. The lowest BCUT2D eigenvalue weighted by molar-refractivity contribution is -0.154. The molecular formula is C10H21N3O6S. The predicted molar refractivity (Wildman–Crippen MR) is 71.6 cm³/mol. The SMILES string of the molecule is C=C(CCC(NC)(NC)N(C)OS(=O)(=O)OC)C(=O)O. The Hall–Kier alpha value is -1.04. The van der Waals surface area contributed by atoms with Gasteiger partial charge in [0.15, 0.2) is 0 Å². The first-order valence-electron chi connectivity index (χ1n) is 5.67. The minimum absolute atomic E-state index is 0.00266. The molecule has 118 valence electrons. The number of carbonyl (C=O) groups is 1. The zero-order chi connectivity index (χ0) is 16.0. The van der Waals surface area contributed by atoms with Gasteiger partial charge < -0.3 is 5.11 Å². The first-order valence-corrected chi connectivity index (χ1v) is 7.00. The second kappa shape index (κ2) is 7.67. The highest BCUT2D eigenvalue weighted by Crippen LogP contribution is 2.18. The van der Waals surface area contributed by atoms with Crippen LogP contribution in [0.5, 0.6) is 0 Å². The standard InChI is InChI=1S/C10H21N3O6S/c1-8(9(14)15)6-7-10(11-2,12-3)13(4)19-20(16,17)18-5/h11-12H,1,6-7H2,2-5H3,(H,14,15). The molecule has 0 unspecified atom stereocenters. The molecule has 0 radical (unpaired) electrons. The summed E-state index contributed by atoms with van der Waals surface area (Å²) in [5.74, 6) is -2.22. The number of nitrogens with one attached hydrogen (secondary N) is 2. The molecule has 0 saturated carbocycles. The molecule has 0 aromatic carbocycles. The number of hydrogen-bond acceptors (Lipinski definition) is 8. The Morgan fingerprint density at radius 2 is 1.90 bits per heavy atom. The van der Waals surface area contributed by atoms with Crippen molar-refractivity contribution in [1.82, 2.24) is 15.7 Å². The summed E-state index contributed by atoms with van der Waals surface area (Å²) in [5.41, 5.74) is 0.00266. The smallest absolute Gasteiger partial charge is 0.416 e. The predicted octanol–water partition coefficient (Wildman–Crippen LogP) is -0.745. The number of hydrogen-bond donors (Lipinski definition) is 3. The molecule has 0 rings (SSSR count). The fraction of sp³-hybridized carbons (Fsp3) is 0.700. The molecule has 9 nitrogen and oxygen atoms in total. The normalized spacial score (nSPS) is 12.7. The van der Waals surface area contributed by atoms with E-state index in [-0.39, 0.29) is 18.4 Å². The maximum atomic E-state index is 11.3. The summed E-state index contributed by atoms with van der Waals surface area (Å²) in [6.45, 7) is 3.42. The highest BCUT2D eigenvalue weighted by atomic mass is 32.3. The lowest BCUT2D eigenvalue weighted by atomic mass is 10.1. The van der Waals surface area contributed by atoms with Crippen LogP contribution in [0, 0.1) is 0 Å². The van der Waals surface area contributed by atoms with Crippen LogP contribution in [0.25, 0.3) is 0 Å². The van der Waals surface area contributed by atoms with Gasteiger partial charge in [-0.05, 0) is 26.9 Å². The van der Waals surface area contributed by atoms with Crippen LogP contribution in [-0.4, -0.2) is 58.6 Å². The van der Waals surface area contributed by atoms with E-state index in [0.717, 1.165) is 12.2 Å². The number of nitrogens with zero attached hydrogens (tertiary/aromatic N) is 1. The van der Waals surface area contributed by atoms with Gasteiger partial charge in [0.05, 0.1) is 7.11 Å². The first-order chi connectivity index (χ1) is 9.14. The minimum Gasteiger partial charge on any atom is -0.478 e. The quantitative estimate of drug-likeness (QED) is 0.272. The third kappa shape index (κ3) is 5.15. The highest BCUT2D eigenvalue weighted by Gasteiger charge is 2.35. The van der Waals surface area contributed by atoms with Crippen LogP contribution >= 0.6 is 0 Å². The molecule has 0 heterocycles. The van der Waals surface area contributed by atoms with Gasteiger partial charge in [-0.15, -0.1) is 5.06 Å². The second-order valence-corrected chi connectivity index (χ2v) is 5.21. The van der Waals surface area contributed by atoms with Gasteiger partial charge in [-0.2, -0.15) is 12.7 Å². The summed E-state index contributed by atoms with van der Waals surface area (Å²) in [6, 6.07) is 0. The van der Waals surface area contributed by atoms with E-state index in [1.54, 1.807) is 14.1 Å². The van der Waals surface area contributed by atoms with E-state index in [2.05, 4.69) is 21.4 Å². The van der Waals surface area contributed by atoms with Gasteiger partial charge in [-0.25, -0.2) is 4.79 Å². The molecule has 0 aliphatic heterocycles. The zero-order valence-electron chi connectivity index (χ0n) is 12.0. The monoisotopic (exact) mass is 311 g/mol.